The lowest BCUT2D eigenvalue weighted by Gasteiger charge is -2.00. The van der Waals surface area contributed by atoms with E-state index in [0.29, 0.717) is 16.5 Å². The summed E-state index contributed by atoms with van der Waals surface area (Å²) < 4.78 is 10.1. The van der Waals surface area contributed by atoms with E-state index in [1.54, 1.807) is 32.9 Å². The second-order valence-electron chi connectivity index (χ2n) is 4.23. The summed E-state index contributed by atoms with van der Waals surface area (Å²) in [6.07, 6.45) is 1.47. The van der Waals surface area contributed by atoms with Crippen LogP contribution in [0, 0.1) is 13.8 Å². The lowest BCUT2D eigenvalue weighted by molar-refractivity contribution is 0.0531. The average molecular weight is 293 g/mol. The first kappa shape index (κ1) is 14.3. The Balaban J connectivity index is 2.15. The topological polar surface area (TPSA) is 68.5 Å². The first-order chi connectivity index (χ1) is 9.52. The van der Waals surface area contributed by atoms with E-state index in [1.165, 1.54) is 17.6 Å². The molecular weight excluding hydrogens is 278 g/mol. The van der Waals surface area contributed by atoms with Crippen molar-refractivity contribution in [3.8, 4) is 0 Å². The molecule has 20 heavy (non-hydrogen) atoms. The van der Waals surface area contributed by atoms with Crippen LogP contribution in [0.15, 0.2) is 22.8 Å². The fraction of sp³-hybridized carbons (Fsp3) is 0.286. The number of anilines is 1. The summed E-state index contributed by atoms with van der Waals surface area (Å²) in [6.45, 7) is 5.67. The number of ether oxygens (including phenoxy) is 1. The van der Waals surface area contributed by atoms with Gasteiger partial charge in [-0.05, 0) is 38.5 Å². The maximum atomic E-state index is 12.0. The molecule has 0 atom stereocenters. The van der Waals surface area contributed by atoms with Crippen molar-refractivity contribution in [2.24, 2.45) is 0 Å². The summed E-state index contributed by atoms with van der Waals surface area (Å²) in [5.74, 6) is -0.428. The molecule has 0 unspecified atom stereocenters. The molecule has 0 aliphatic heterocycles. The zero-order valence-electron chi connectivity index (χ0n) is 11.5. The Labute approximate surface area is 120 Å². The molecule has 0 aliphatic rings. The summed E-state index contributed by atoms with van der Waals surface area (Å²) >= 11 is 1.19. The van der Waals surface area contributed by atoms with Crippen LogP contribution in [0.3, 0.4) is 0 Å². The third-order valence-corrected chi connectivity index (χ3v) is 3.82. The molecular formula is C14H15NO4S. The number of rotatable bonds is 4. The second kappa shape index (κ2) is 5.92. The van der Waals surface area contributed by atoms with Crippen molar-refractivity contribution >= 4 is 28.2 Å². The Morgan fingerprint density at radius 3 is 2.70 bits per heavy atom. The largest absolute Gasteiger partial charge is 0.462 e. The molecule has 0 saturated carbocycles. The van der Waals surface area contributed by atoms with Crippen LogP contribution in [0.25, 0.3) is 0 Å². The maximum absolute atomic E-state index is 12.0. The van der Waals surface area contributed by atoms with Gasteiger partial charge in [-0.3, -0.25) is 4.79 Å². The fourth-order valence-corrected chi connectivity index (χ4v) is 2.68. The molecule has 0 bridgehead atoms. The quantitative estimate of drug-likeness (QED) is 0.877. The van der Waals surface area contributed by atoms with Crippen molar-refractivity contribution in [3.63, 3.8) is 0 Å². The molecule has 106 valence electrons. The number of aryl methyl sites for hydroxylation is 2. The predicted octanol–water partition coefficient (Wildman–Crippen LogP) is 3.39. The minimum Gasteiger partial charge on any atom is -0.462 e. The number of amides is 1. The molecule has 0 aromatic carbocycles. The molecule has 0 radical (unpaired) electrons. The second-order valence-corrected chi connectivity index (χ2v) is 5.28. The molecule has 6 heteroatoms. The molecule has 5 nitrogen and oxygen atoms in total. The number of nitrogens with one attached hydrogen (secondary N) is 1. The molecule has 0 aliphatic carbocycles. The van der Waals surface area contributed by atoms with Gasteiger partial charge in [-0.2, -0.15) is 0 Å². The summed E-state index contributed by atoms with van der Waals surface area (Å²) in [5, 5.41) is 3.31. The van der Waals surface area contributed by atoms with Crippen LogP contribution in [0.2, 0.25) is 0 Å². The highest BCUT2D eigenvalue weighted by Gasteiger charge is 2.18. The molecule has 2 aromatic heterocycles. The third kappa shape index (κ3) is 2.91. The number of thiophene rings is 1. The van der Waals surface area contributed by atoms with Crippen LogP contribution in [0.4, 0.5) is 5.00 Å². The minimum atomic E-state index is -0.371. The van der Waals surface area contributed by atoms with E-state index in [9.17, 15) is 9.59 Å². The van der Waals surface area contributed by atoms with E-state index in [0.717, 1.165) is 11.1 Å². The normalized spacial score (nSPS) is 10.3. The third-order valence-electron chi connectivity index (χ3n) is 2.68. The number of hydrogen-bond donors (Lipinski definition) is 1. The van der Waals surface area contributed by atoms with Crippen LogP contribution < -0.4 is 5.32 Å². The molecule has 2 rings (SSSR count). The standard InChI is InChI=1S/C14H15NO4S/c1-4-18-14(17)12-9(3)7-10(20-12)15-13(16)11-8(2)5-6-19-11/h5-7H,4H2,1-3H3,(H,15,16). The van der Waals surface area contributed by atoms with Crippen molar-refractivity contribution in [1.29, 1.82) is 0 Å². The lowest BCUT2D eigenvalue weighted by atomic mass is 10.2. The number of carbonyl (C=O) groups excluding carboxylic acids is 2. The van der Waals surface area contributed by atoms with Crippen LogP contribution in [-0.2, 0) is 4.74 Å². The fourth-order valence-electron chi connectivity index (χ4n) is 1.72. The van der Waals surface area contributed by atoms with Gasteiger partial charge in [0.05, 0.1) is 17.9 Å². The Morgan fingerprint density at radius 1 is 1.35 bits per heavy atom. The number of furan rings is 1. The molecule has 0 saturated heterocycles. The monoisotopic (exact) mass is 293 g/mol. The predicted molar refractivity (Wildman–Crippen MR) is 76.4 cm³/mol. The lowest BCUT2D eigenvalue weighted by Crippen LogP contribution is -2.10. The highest BCUT2D eigenvalue weighted by molar-refractivity contribution is 7.18. The van der Waals surface area contributed by atoms with Crippen LogP contribution >= 0.6 is 11.3 Å². The Bertz CT molecular complexity index is 641. The van der Waals surface area contributed by atoms with E-state index in [4.69, 9.17) is 9.15 Å². The smallest absolute Gasteiger partial charge is 0.348 e. The van der Waals surface area contributed by atoms with Gasteiger partial charge in [-0.15, -0.1) is 11.3 Å². The molecule has 2 heterocycles. The van der Waals surface area contributed by atoms with Crippen molar-refractivity contribution in [3.05, 3.63) is 40.2 Å². The molecule has 0 spiro atoms. The Kier molecular flexibility index (Phi) is 4.24. The number of esters is 1. The summed E-state index contributed by atoms with van der Waals surface area (Å²) in [5.41, 5.74) is 1.54. The van der Waals surface area contributed by atoms with Crippen LogP contribution in [0.1, 0.15) is 38.3 Å². The van der Waals surface area contributed by atoms with E-state index in [1.807, 2.05) is 0 Å². The summed E-state index contributed by atoms with van der Waals surface area (Å²) in [7, 11) is 0. The maximum Gasteiger partial charge on any atom is 0.348 e. The zero-order chi connectivity index (χ0) is 14.7. The number of hydrogen-bond acceptors (Lipinski definition) is 5. The van der Waals surface area contributed by atoms with Gasteiger partial charge in [0.2, 0.25) is 0 Å². The highest BCUT2D eigenvalue weighted by atomic mass is 32.1. The van der Waals surface area contributed by atoms with Crippen molar-refractivity contribution < 1.29 is 18.7 Å². The van der Waals surface area contributed by atoms with E-state index in [2.05, 4.69) is 5.32 Å². The van der Waals surface area contributed by atoms with E-state index in [-0.39, 0.29) is 17.6 Å². The highest BCUT2D eigenvalue weighted by Crippen LogP contribution is 2.28. The molecule has 1 N–H and O–H groups in total. The summed E-state index contributed by atoms with van der Waals surface area (Å²) in [6, 6.07) is 3.46. The average Bonchev–Trinajstić information content (AvgIpc) is 2.96. The van der Waals surface area contributed by atoms with Crippen LogP contribution in [-0.4, -0.2) is 18.5 Å². The zero-order valence-corrected chi connectivity index (χ0v) is 12.3. The number of carbonyl (C=O) groups is 2. The first-order valence-corrected chi connectivity index (χ1v) is 6.97. The van der Waals surface area contributed by atoms with Crippen molar-refractivity contribution in [1.82, 2.24) is 0 Å². The van der Waals surface area contributed by atoms with Gasteiger partial charge in [0, 0.05) is 5.56 Å². The van der Waals surface area contributed by atoms with E-state index < -0.39 is 0 Å². The Morgan fingerprint density at radius 2 is 2.10 bits per heavy atom. The Hall–Kier alpha value is -2.08. The van der Waals surface area contributed by atoms with Gasteiger partial charge in [0.15, 0.2) is 5.76 Å². The summed E-state index contributed by atoms with van der Waals surface area (Å²) in [4.78, 5) is 24.2. The molecule has 0 fully saturated rings. The minimum absolute atomic E-state index is 0.272. The van der Waals surface area contributed by atoms with Crippen molar-refractivity contribution in [2.75, 3.05) is 11.9 Å². The SMILES string of the molecule is CCOC(=O)c1sc(NC(=O)c2occc2C)cc1C. The molecule has 2 aromatic rings. The van der Waals surface area contributed by atoms with Gasteiger partial charge < -0.3 is 14.5 Å². The van der Waals surface area contributed by atoms with Gasteiger partial charge in [-0.25, -0.2) is 4.79 Å². The van der Waals surface area contributed by atoms with Crippen molar-refractivity contribution in [2.45, 2.75) is 20.8 Å². The first-order valence-electron chi connectivity index (χ1n) is 6.16. The van der Waals surface area contributed by atoms with Gasteiger partial charge in [0.25, 0.3) is 5.91 Å². The van der Waals surface area contributed by atoms with Crippen LogP contribution in [0.5, 0.6) is 0 Å². The van der Waals surface area contributed by atoms with Gasteiger partial charge in [0.1, 0.15) is 4.88 Å². The van der Waals surface area contributed by atoms with E-state index >= 15 is 0 Å². The molecule has 1 amide bonds. The van der Waals surface area contributed by atoms with Gasteiger partial charge in [-0.1, -0.05) is 0 Å². The van der Waals surface area contributed by atoms with Gasteiger partial charge >= 0.3 is 5.97 Å².